The monoisotopic (exact) mass is 208 g/mol. The van der Waals surface area contributed by atoms with Gasteiger partial charge < -0.3 is 5.11 Å². The summed E-state index contributed by atoms with van der Waals surface area (Å²) >= 11 is 0. The van der Waals surface area contributed by atoms with Crippen molar-refractivity contribution in [2.24, 2.45) is 17.3 Å². The first kappa shape index (κ1) is 9.80. The fraction of sp³-hybridized carbons (Fsp3) is 0.889. The lowest BCUT2D eigenvalue weighted by Crippen LogP contribution is -2.48. The Hall–Kier alpha value is -0.740. The van der Waals surface area contributed by atoms with E-state index in [2.05, 4.69) is 0 Å². The molecule has 0 saturated heterocycles. The second-order valence-corrected chi connectivity index (χ2v) is 4.35. The Morgan fingerprint density at radius 3 is 2.21 bits per heavy atom. The van der Waals surface area contributed by atoms with Gasteiger partial charge >= 0.3 is 12.1 Å². The Morgan fingerprint density at radius 1 is 1.36 bits per heavy atom. The molecule has 2 nitrogen and oxygen atoms in total. The van der Waals surface area contributed by atoms with Gasteiger partial charge in [-0.25, -0.2) is 0 Å². The molecule has 0 amide bonds. The van der Waals surface area contributed by atoms with Gasteiger partial charge in [-0.05, 0) is 31.1 Å². The SMILES string of the molecule is O=C(O)[C@]1(C(F)(F)F)C[C@@H]2CC[C@H]1C2. The molecule has 1 N–H and O–H groups in total. The Balaban J connectivity index is 2.39. The smallest absolute Gasteiger partial charge is 0.405 e. The van der Waals surface area contributed by atoms with E-state index in [0.29, 0.717) is 12.8 Å². The summed E-state index contributed by atoms with van der Waals surface area (Å²) in [5.41, 5.74) is -2.43. The molecule has 0 aliphatic heterocycles. The molecule has 2 aliphatic rings. The first-order valence-electron chi connectivity index (χ1n) is 4.68. The molecule has 0 aromatic carbocycles. The summed E-state index contributed by atoms with van der Waals surface area (Å²) in [5.74, 6) is -2.40. The zero-order valence-corrected chi connectivity index (χ0v) is 7.47. The molecule has 0 aromatic rings. The van der Waals surface area contributed by atoms with Crippen molar-refractivity contribution in [2.45, 2.75) is 31.9 Å². The van der Waals surface area contributed by atoms with Gasteiger partial charge in [-0.15, -0.1) is 0 Å². The second-order valence-electron chi connectivity index (χ2n) is 4.35. The van der Waals surface area contributed by atoms with Gasteiger partial charge in [0.25, 0.3) is 0 Å². The maximum atomic E-state index is 12.7. The summed E-state index contributed by atoms with van der Waals surface area (Å²) < 4.78 is 38.2. The highest BCUT2D eigenvalue weighted by atomic mass is 19.4. The highest BCUT2D eigenvalue weighted by Gasteiger charge is 2.69. The molecule has 2 rings (SSSR count). The maximum absolute atomic E-state index is 12.7. The number of hydrogen-bond acceptors (Lipinski definition) is 1. The number of carbonyl (C=O) groups is 1. The van der Waals surface area contributed by atoms with Crippen LogP contribution in [0.2, 0.25) is 0 Å². The number of halogens is 3. The van der Waals surface area contributed by atoms with Gasteiger partial charge in [0.15, 0.2) is 5.41 Å². The molecule has 0 aromatic heterocycles. The molecule has 2 bridgehead atoms. The normalized spacial score (nSPS) is 41.6. The molecule has 2 saturated carbocycles. The number of carboxylic acids is 1. The number of hydrogen-bond donors (Lipinski definition) is 1. The predicted octanol–water partition coefficient (Wildman–Crippen LogP) is 2.44. The quantitative estimate of drug-likeness (QED) is 0.718. The highest BCUT2D eigenvalue weighted by molar-refractivity contribution is 5.77. The van der Waals surface area contributed by atoms with Crippen LogP contribution in [0.5, 0.6) is 0 Å². The lowest BCUT2D eigenvalue weighted by molar-refractivity contribution is -0.244. The van der Waals surface area contributed by atoms with Gasteiger partial charge in [0.1, 0.15) is 0 Å². The van der Waals surface area contributed by atoms with E-state index < -0.39 is 23.5 Å². The number of fused-ring (bicyclic) bond motifs is 2. The van der Waals surface area contributed by atoms with Crippen LogP contribution < -0.4 is 0 Å². The van der Waals surface area contributed by atoms with Crippen LogP contribution in [0.1, 0.15) is 25.7 Å². The van der Waals surface area contributed by atoms with Gasteiger partial charge in [-0.1, -0.05) is 6.42 Å². The third-order valence-electron chi connectivity index (χ3n) is 3.74. The standard InChI is InChI=1S/C9H11F3O2/c10-9(11,12)8(7(13)14)4-5-1-2-6(8)3-5/h5-6H,1-4H2,(H,13,14)/t5-,6+,8+/m1/s1. The van der Waals surface area contributed by atoms with Crippen LogP contribution in [-0.4, -0.2) is 17.3 Å². The molecular weight excluding hydrogens is 197 g/mol. The van der Waals surface area contributed by atoms with Gasteiger partial charge in [0, 0.05) is 0 Å². The Kier molecular flexibility index (Phi) is 1.85. The first-order valence-corrected chi connectivity index (χ1v) is 4.68. The summed E-state index contributed by atoms with van der Waals surface area (Å²) in [4.78, 5) is 10.8. The molecular formula is C9H11F3O2. The zero-order chi connectivity index (χ0) is 10.6. The van der Waals surface area contributed by atoms with Crippen molar-refractivity contribution in [2.75, 3.05) is 0 Å². The van der Waals surface area contributed by atoms with E-state index in [-0.39, 0.29) is 12.3 Å². The minimum atomic E-state index is -4.60. The van der Waals surface area contributed by atoms with Crippen molar-refractivity contribution in [3.8, 4) is 0 Å². The molecule has 0 radical (unpaired) electrons. The van der Waals surface area contributed by atoms with Crippen LogP contribution in [-0.2, 0) is 4.79 Å². The molecule has 0 heterocycles. The largest absolute Gasteiger partial charge is 0.481 e. The van der Waals surface area contributed by atoms with E-state index in [4.69, 9.17) is 5.11 Å². The Bertz CT molecular complexity index is 274. The molecule has 80 valence electrons. The van der Waals surface area contributed by atoms with Crippen LogP contribution in [0.3, 0.4) is 0 Å². The van der Waals surface area contributed by atoms with Crippen molar-refractivity contribution in [3.63, 3.8) is 0 Å². The van der Waals surface area contributed by atoms with Crippen molar-refractivity contribution in [3.05, 3.63) is 0 Å². The van der Waals surface area contributed by atoms with Gasteiger partial charge in [0.05, 0.1) is 0 Å². The molecule has 5 heteroatoms. The summed E-state index contributed by atoms with van der Waals surface area (Å²) in [7, 11) is 0. The average molecular weight is 208 g/mol. The van der Waals surface area contributed by atoms with E-state index >= 15 is 0 Å². The predicted molar refractivity (Wildman–Crippen MR) is 41.6 cm³/mol. The summed E-state index contributed by atoms with van der Waals surface area (Å²) in [6.07, 6.45) is -3.20. The molecule has 0 unspecified atom stereocenters. The molecule has 2 fully saturated rings. The van der Waals surface area contributed by atoms with Crippen molar-refractivity contribution >= 4 is 5.97 Å². The second kappa shape index (κ2) is 2.64. The Morgan fingerprint density at radius 2 is 2.00 bits per heavy atom. The number of rotatable bonds is 1. The summed E-state index contributed by atoms with van der Waals surface area (Å²) in [6, 6.07) is 0. The van der Waals surface area contributed by atoms with Crippen molar-refractivity contribution in [1.82, 2.24) is 0 Å². The minimum Gasteiger partial charge on any atom is -0.481 e. The van der Waals surface area contributed by atoms with E-state index in [1.54, 1.807) is 0 Å². The molecule has 14 heavy (non-hydrogen) atoms. The van der Waals surface area contributed by atoms with E-state index in [1.807, 2.05) is 0 Å². The zero-order valence-electron chi connectivity index (χ0n) is 7.47. The Labute approximate surface area is 79.1 Å². The highest BCUT2D eigenvalue weighted by Crippen LogP contribution is 2.62. The van der Waals surface area contributed by atoms with Crippen LogP contribution in [0.4, 0.5) is 13.2 Å². The van der Waals surface area contributed by atoms with Gasteiger partial charge in [-0.2, -0.15) is 13.2 Å². The maximum Gasteiger partial charge on any atom is 0.405 e. The van der Waals surface area contributed by atoms with Crippen LogP contribution >= 0.6 is 0 Å². The number of aliphatic carboxylic acids is 1. The van der Waals surface area contributed by atoms with Crippen LogP contribution in [0.15, 0.2) is 0 Å². The van der Waals surface area contributed by atoms with Gasteiger partial charge in [-0.3, -0.25) is 4.79 Å². The third kappa shape index (κ3) is 1.01. The van der Waals surface area contributed by atoms with Crippen LogP contribution in [0.25, 0.3) is 0 Å². The minimum absolute atomic E-state index is 0.0299. The lowest BCUT2D eigenvalue weighted by Gasteiger charge is -2.35. The first-order chi connectivity index (χ1) is 6.38. The van der Waals surface area contributed by atoms with Crippen LogP contribution in [0, 0.1) is 17.3 Å². The summed E-state index contributed by atoms with van der Waals surface area (Å²) in [5, 5.41) is 8.80. The fourth-order valence-corrected chi connectivity index (χ4v) is 3.06. The molecule has 2 aliphatic carbocycles. The van der Waals surface area contributed by atoms with E-state index in [1.165, 1.54) is 0 Å². The van der Waals surface area contributed by atoms with E-state index in [9.17, 15) is 18.0 Å². The third-order valence-corrected chi connectivity index (χ3v) is 3.74. The fourth-order valence-electron chi connectivity index (χ4n) is 3.06. The number of alkyl halides is 3. The topological polar surface area (TPSA) is 37.3 Å². The summed E-state index contributed by atoms with van der Waals surface area (Å²) in [6.45, 7) is 0. The number of carboxylic acid groups (broad SMARTS) is 1. The average Bonchev–Trinajstić information content (AvgIpc) is 2.59. The van der Waals surface area contributed by atoms with E-state index in [0.717, 1.165) is 6.42 Å². The molecule has 3 atom stereocenters. The van der Waals surface area contributed by atoms with Gasteiger partial charge in [0.2, 0.25) is 0 Å². The molecule has 0 spiro atoms. The van der Waals surface area contributed by atoms with Crippen molar-refractivity contribution in [1.29, 1.82) is 0 Å². The van der Waals surface area contributed by atoms with Crippen molar-refractivity contribution < 1.29 is 23.1 Å². The lowest BCUT2D eigenvalue weighted by atomic mass is 9.72.